The maximum atomic E-state index is 13.5. The molecule has 2 heterocycles. The molecule has 190 valence electrons. The normalized spacial score (nSPS) is 24.7. The number of amides is 2. The Kier molecular flexibility index (Phi) is 7.30. The van der Waals surface area contributed by atoms with Gasteiger partial charge in [0.25, 0.3) is 0 Å². The molecule has 4 unspecified atom stereocenters. The largest absolute Gasteiger partial charge is 0.451 e. The number of carbonyl (C=O) groups excluding carboxylic acids is 3. The molecule has 3 aromatic carbocycles. The van der Waals surface area contributed by atoms with Crippen molar-refractivity contribution in [2.75, 3.05) is 0 Å². The molecule has 3 aromatic rings. The molecule has 2 aliphatic rings. The second kappa shape index (κ2) is 10.8. The van der Waals surface area contributed by atoms with Crippen LogP contribution in [0.5, 0.6) is 0 Å². The van der Waals surface area contributed by atoms with E-state index in [0.717, 1.165) is 16.7 Å². The van der Waals surface area contributed by atoms with Crippen molar-refractivity contribution in [2.45, 2.75) is 48.3 Å². The number of hydrogen-bond donors (Lipinski definition) is 2. The molecule has 0 aromatic heterocycles. The zero-order valence-corrected chi connectivity index (χ0v) is 21.1. The Balaban J connectivity index is 1.33. The third-order valence-corrected chi connectivity index (χ3v) is 8.23. The lowest BCUT2D eigenvalue weighted by atomic mass is 9.96. The lowest BCUT2D eigenvalue weighted by molar-refractivity contribution is -0.174. The molecule has 2 amide bonds. The van der Waals surface area contributed by atoms with E-state index in [9.17, 15) is 19.5 Å². The number of rotatable bonds is 7. The van der Waals surface area contributed by atoms with Crippen molar-refractivity contribution in [3.63, 3.8) is 0 Å². The van der Waals surface area contributed by atoms with Gasteiger partial charge in [-0.15, -0.1) is 11.8 Å². The van der Waals surface area contributed by atoms with Crippen LogP contribution in [0.2, 0.25) is 0 Å². The van der Waals surface area contributed by atoms with Gasteiger partial charge < -0.3 is 20.1 Å². The van der Waals surface area contributed by atoms with Gasteiger partial charge in [-0.25, -0.2) is 4.79 Å². The fourth-order valence-electron chi connectivity index (χ4n) is 4.81. The number of nitrogens with zero attached hydrogens (tertiary/aromatic N) is 1. The highest BCUT2D eigenvalue weighted by Crippen LogP contribution is 2.43. The van der Waals surface area contributed by atoms with Crippen molar-refractivity contribution in [3.05, 3.63) is 108 Å². The number of aliphatic hydroxyl groups excluding tert-OH is 1. The summed E-state index contributed by atoms with van der Waals surface area (Å²) in [7, 11) is 0. The number of aliphatic hydroxyl groups is 1. The van der Waals surface area contributed by atoms with E-state index < -0.39 is 41.5 Å². The number of nitrogens with one attached hydrogen (secondary N) is 1. The third-order valence-electron chi connectivity index (χ3n) is 6.74. The van der Waals surface area contributed by atoms with Crippen LogP contribution in [0.3, 0.4) is 0 Å². The van der Waals surface area contributed by atoms with E-state index in [-0.39, 0.29) is 17.6 Å². The van der Waals surface area contributed by atoms with Crippen LogP contribution in [0.4, 0.5) is 0 Å². The first-order chi connectivity index (χ1) is 17.9. The molecule has 0 saturated carbocycles. The number of ether oxygens (including phenoxy) is 1. The average Bonchev–Trinajstić information content (AvgIpc) is 2.93. The second-order valence-corrected chi connectivity index (χ2v) is 10.8. The lowest BCUT2D eigenvalue weighted by Gasteiger charge is -2.55. The maximum Gasteiger partial charge on any atom is 0.332 e. The molecule has 0 spiro atoms. The van der Waals surface area contributed by atoms with Crippen LogP contribution in [0, 0.1) is 0 Å². The molecule has 5 atom stereocenters. The fraction of sp³-hybridized carbons (Fsp3) is 0.276. The highest BCUT2D eigenvalue weighted by molar-refractivity contribution is 8.00. The van der Waals surface area contributed by atoms with Gasteiger partial charge in [0.05, 0.1) is 12.5 Å². The summed E-state index contributed by atoms with van der Waals surface area (Å²) in [4.78, 5) is 40.7. The van der Waals surface area contributed by atoms with Crippen LogP contribution < -0.4 is 5.32 Å². The predicted octanol–water partition coefficient (Wildman–Crippen LogP) is 3.08. The molecular formula is C29H28N2O5S. The van der Waals surface area contributed by atoms with Gasteiger partial charge in [0.1, 0.15) is 11.4 Å². The van der Waals surface area contributed by atoms with Crippen molar-refractivity contribution in [3.8, 4) is 0 Å². The molecule has 0 radical (unpaired) electrons. The van der Waals surface area contributed by atoms with Crippen LogP contribution in [-0.2, 0) is 25.5 Å². The number of hydrogen-bond acceptors (Lipinski definition) is 6. The summed E-state index contributed by atoms with van der Waals surface area (Å²) in [6.45, 7) is 1.81. The molecule has 37 heavy (non-hydrogen) atoms. The summed E-state index contributed by atoms with van der Waals surface area (Å²) < 4.78 is 5.99. The summed E-state index contributed by atoms with van der Waals surface area (Å²) >= 11 is 1.37. The highest BCUT2D eigenvalue weighted by atomic mass is 32.2. The number of fused-ring (bicyclic) bond motifs is 1. The van der Waals surface area contributed by atoms with E-state index >= 15 is 0 Å². The van der Waals surface area contributed by atoms with E-state index in [4.69, 9.17) is 4.74 Å². The molecule has 8 heteroatoms. The van der Waals surface area contributed by atoms with Crippen LogP contribution in [-0.4, -0.2) is 56.6 Å². The zero-order valence-electron chi connectivity index (χ0n) is 20.3. The summed E-state index contributed by atoms with van der Waals surface area (Å²) in [5.41, 5.74) is 2.41. The molecule has 2 N–H and O–H groups in total. The molecule has 2 fully saturated rings. The highest BCUT2D eigenvalue weighted by Gasteiger charge is 2.60. The van der Waals surface area contributed by atoms with Crippen molar-refractivity contribution in [1.29, 1.82) is 0 Å². The first kappa shape index (κ1) is 25.0. The van der Waals surface area contributed by atoms with Gasteiger partial charge in [-0.2, -0.15) is 0 Å². The van der Waals surface area contributed by atoms with E-state index in [1.807, 2.05) is 97.9 Å². The topological polar surface area (TPSA) is 95.9 Å². The van der Waals surface area contributed by atoms with Gasteiger partial charge >= 0.3 is 5.97 Å². The molecule has 0 bridgehead atoms. The number of thioether (sulfide) groups is 1. The van der Waals surface area contributed by atoms with Crippen molar-refractivity contribution in [1.82, 2.24) is 10.2 Å². The number of β-lactam (4-membered cyclic amide) rings is 1. The Morgan fingerprint density at radius 1 is 0.946 bits per heavy atom. The lowest BCUT2D eigenvalue weighted by Crippen LogP contribution is -2.77. The third kappa shape index (κ3) is 5.12. The van der Waals surface area contributed by atoms with E-state index in [1.54, 1.807) is 0 Å². The Morgan fingerprint density at radius 2 is 1.49 bits per heavy atom. The molecule has 0 aliphatic carbocycles. The van der Waals surface area contributed by atoms with Gasteiger partial charge in [-0.3, -0.25) is 9.59 Å². The maximum absolute atomic E-state index is 13.5. The minimum atomic E-state index is -1.16. The molecule has 7 nitrogen and oxygen atoms in total. The van der Waals surface area contributed by atoms with Gasteiger partial charge in [0, 0.05) is 5.25 Å². The summed E-state index contributed by atoms with van der Waals surface area (Å²) in [6.07, 6.45) is -1.64. The Hall–Kier alpha value is -3.62. The number of esters is 1. The minimum Gasteiger partial charge on any atom is -0.451 e. The molecule has 2 saturated heterocycles. The Labute approximate surface area is 219 Å². The number of carbonyl (C=O) groups is 3. The zero-order chi connectivity index (χ0) is 25.9. The van der Waals surface area contributed by atoms with Crippen LogP contribution in [0.1, 0.15) is 29.7 Å². The first-order valence-corrected chi connectivity index (χ1v) is 13.2. The fourth-order valence-corrected chi connectivity index (χ4v) is 6.27. The van der Waals surface area contributed by atoms with Gasteiger partial charge in [-0.1, -0.05) is 97.9 Å². The minimum absolute atomic E-state index is 0.154. The number of benzene rings is 3. The average molecular weight is 517 g/mol. The molecule has 2 aliphatic heterocycles. The molecular weight excluding hydrogens is 488 g/mol. The Morgan fingerprint density at radius 3 is 2.05 bits per heavy atom. The van der Waals surface area contributed by atoms with Crippen molar-refractivity contribution < 1.29 is 24.2 Å². The van der Waals surface area contributed by atoms with Gasteiger partial charge in [0.15, 0.2) is 12.1 Å². The van der Waals surface area contributed by atoms with E-state index in [2.05, 4.69) is 5.32 Å². The molecule has 5 rings (SSSR count). The van der Waals surface area contributed by atoms with Gasteiger partial charge in [0.2, 0.25) is 11.8 Å². The van der Waals surface area contributed by atoms with Crippen molar-refractivity contribution in [2.24, 2.45) is 0 Å². The van der Waals surface area contributed by atoms with Crippen LogP contribution in [0.15, 0.2) is 91.0 Å². The van der Waals surface area contributed by atoms with E-state index in [1.165, 1.54) is 16.7 Å². The Bertz CT molecular complexity index is 1220. The summed E-state index contributed by atoms with van der Waals surface area (Å²) in [6, 6.07) is 26.1. The van der Waals surface area contributed by atoms with Gasteiger partial charge in [-0.05, 0) is 16.7 Å². The monoisotopic (exact) mass is 516 g/mol. The first-order valence-electron chi connectivity index (χ1n) is 12.2. The second-order valence-electron chi connectivity index (χ2n) is 9.26. The summed E-state index contributed by atoms with van der Waals surface area (Å²) in [5.74, 6) is -1.34. The van der Waals surface area contributed by atoms with E-state index in [0.29, 0.717) is 0 Å². The standard InChI is InChI=1S/C29H28N2O5S/c1-18-25(33)24(29(35)36-26(20-13-7-3-8-14-20)21-15-9-4-10-16-21)31-27(34)23(28(31)37-18)30-22(32)17-19-11-5-2-6-12-19/h2-16,18,23-26,28,33H,17H2,1H3,(H,30,32)/t18?,23?,24?,25?,28-/m1/s1. The SMILES string of the molecule is CC1S[C@@H]2C(NC(=O)Cc3ccccc3)C(=O)N2C(C(=O)OC(c2ccccc2)c2ccccc2)C1O. The van der Waals surface area contributed by atoms with Crippen molar-refractivity contribution >= 4 is 29.5 Å². The predicted molar refractivity (Wildman–Crippen MR) is 140 cm³/mol. The van der Waals surface area contributed by atoms with Crippen LogP contribution in [0.25, 0.3) is 0 Å². The smallest absolute Gasteiger partial charge is 0.332 e. The van der Waals surface area contributed by atoms with Crippen LogP contribution >= 0.6 is 11.8 Å². The summed E-state index contributed by atoms with van der Waals surface area (Å²) in [5, 5.41) is 13.0. The quantitative estimate of drug-likeness (QED) is 0.370.